The van der Waals surface area contributed by atoms with Crippen molar-refractivity contribution in [2.45, 2.75) is 52.1 Å². The summed E-state index contributed by atoms with van der Waals surface area (Å²) in [6, 6.07) is 0. The number of ether oxygens (including phenoxy) is 1. The van der Waals surface area contributed by atoms with Crippen molar-refractivity contribution in [3.8, 4) is 0 Å². The van der Waals surface area contributed by atoms with Crippen LogP contribution in [0, 0.1) is 0 Å². The number of aryl methyl sites for hydroxylation is 2. The molecule has 20 heavy (non-hydrogen) atoms. The summed E-state index contributed by atoms with van der Waals surface area (Å²) in [5.41, 5.74) is 0.801. The lowest BCUT2D eigenvalue weighted by Crippen LogP contribution is -2.34. The smallest absolute Gasteiger partial charge is 0.407 e. The van der Waals surface area contributed by atoms with Crippen molar-refractivity contribution < 1.29 is 9.53 Å². The predicted octanol–water partition coefficient (Wildman–Crippen LogP) is 2.96. The fraction of sp³-hybridized carbons (Fsp3) is 0.714. The van der Waals surface area contributed by atoms with E-state index in [2.05, 4.69) is 15.6 Å². The predicted molar refractivity (Wildman–Crippen MR) is 81.5 cm³/mol. The molecule has 5 nitrogen and oxygen atoms in total. The quantitative estimate of drug-likeness (QED) is 0.839. The number of hydrogen-bond acceptors (Lipinski definition) is 5. The molecule has 0 aromatic carbocycles. The van der Waals surface area contributed by atoms with Crippen LogP contribution in [0.15, 0.2) is 0 Å². The Morgan fingerprint density at radius 2 is 2.05 bits per heavy atom. The van der Waals surface area contributed by atoms with Crippen LogP contribution < -0.4 is 10.6 Å². The minimum Gasteiger partial charge on any atom is -0.444 e. The highest BCUT2D eigenvalue weighted by molar-refractivity contribution is 7.15. The van der Waals surface area contributed by atoms with Crippen molar-refractivity contribution in [3.05, 3.63) is 10.6 Å². The zero-order chi connectivity index (χ0) is 14.6. The summed E-state index contributed by atoms with van der Waals surface area (Å²) in [5.74, 6) is 0. The average molecular weight is 297 g/mol. The second kappa shape index (κ2) is 6.43. The maximum Gasteiger partial charge on any atom is 0.407 e. The van der Waals surface area contributed by atoms with Crippen LogP contribution in [0.1, 0.15) is 44.2 Å². The van der Waals surface area contributed by atoms with Gasteiger partial charge in [0.2, 0.25) is 0 Å². The molecule has 1 aromatic heterocycles. The van der Waals surface area contributed by atoms with Gasteiger partial charge in [0.25, 0.3) is 0 Å². The lowest BCUT2D eigenvalue weighted by molar-refractivity contribution is 0.0530. The highest BCUT2D eigenvalue weighted by Crippen LogP contribution is 2.29. The fourth-order valence-electron chi connectivity index (χ4n) is 2.08. The number of rotatable bonds is 4. The summed E-state index contributed by atoms with van der Waals surface area (Å²) in [7, 11) is 0. The molecule has 112 valence electrons. The Morgan fingerprint density at radius 1 is 1.30 bits per heavy atom. The van der Waals surface area contributed by atoms with E-state index in [-0.39, 0.29) is 6.09 Å². The molecule has 0 saturated carbocycles. The zero-order valence-electron chi connectivity index (χ0n) is 12.4. The summed E-state index contributed by atoms with van der Waals surface area (Å²) >= 11 is 1.74. The molecule has 0 bridgehead atoms. The number of nitrogens with zero attached hydrogens (tertiary/aromatic N) is 1. The molecule has 2 rings (SSSR count). The van der Waals surface area contributed by atoms with Crippen LogP contribution in [0.3, 0.4) is 0 Å². The van der Waals surface area contributed by atoms with Gasteiger partial charge in [0, 0.05) is 18.0 Å². The Labute approximate surface area is 124 Å². The summed E-state index contributed by atoms with van der Waals surface area (Å²) in [5, 5.41) is 6.94. The number of amides is 1. The number of thiazole rings is 1. The molecule has 1 aromatic rings. The molecule has 0 atom stereocenters. The lowest BCUT2D eigenvalue weighted by Gasteiger charge is -2.19. The van der Waals surface area contributed by atoms with Gasteiger partial charge in [0.1, 0.15) is 5.60 Å². The van der Waals surface area contributed by atoms with E-state index < -0.39 is 5.60 Å². The first-order valence-electron chi connectivity index (χ1n) is 7.13. The van der Waals surface area contributed by atoms with Gasteiger partial charge in [-0.2, -0.15) is 0 Å². The molecule has 0 spiro atoms. The van der Waals surface area contributed by atoms with E-state index in [4.69, 9.17) is 4.74 Å². The van der Waals surface area contributed by atoms with Crippen LogP contribution in [-0.2, 0) is 17.6 Å². The Balaban J connectivity index is 1.68. The number of alkyl carbamates (subject to hydrolysis) is 1. The van der Waals surface area contributed by atoms with E-state index >= 15 is 0 Å². The Morgan fingerprint density at radius 3 is 2.75 bits per heavy atom. The summed E-state index contributed by atoms with van der Waals surface area (Å²) in [6.07, 6.45) is 4.40. The van der Waals surface area contributed by atoms with Gasteiger partial charge >= 0.3 is 6.09 Å². The third-order valence-corrected chi connectivity index (χ3v) is 4.03. The lowest BCUT2D eigenvalue weighted by atomic mass is 10.0. The van der Waals surface area contributed by atoms with E-state index in [9.17, 15) is 4.79 Å². The van der Waals surface area contributed by atoms with Crippen molar-refractivity contribution in [3.63, 3.8) is 0 Å². The van der Waals surface area contributed by atoms with Crippen LogP contribution in [0.4, 0.5) is 9.93 Å². The maximum atomic E-state index is 11.5. The first-order valence-corrected chi connectivity index (χ1v) is 7.95. The van der Waals surface area contributed by atoms with Gasteiger partial charge in [0.15, 0.2) is 5.13 Å². The standard InChI is InChI=1S/C14H23N3O2S/c1-14(2,3)19-13(18)16-9-8-15-12-17-10-6-4-5-7-11(10)20-12/h4-9H2,1-3H3,(H,15,17)(H,16,18). The molecule has 2 N–H and O–H groups in total. The summed E-state index contributed by atoms with van der Waals surface area (Å²) < 4.78 is 5.17. The fourth-order valence-corrected chi connectivity index (χ4v) is 3.15. The van der Waals surface area contributed by atoms with Gasteiger partial charge in [-0.1, -0.05) is 0 Å². The van der Waals surface area contributed by atoms with Crippen molar-refractivity contribution in [2.75, 3.05) is 18.4 Å². The van der Waals surface area contributed by atoms with Crippen molar-refractivity contribution in [1.29, 1.82) is 0 Å². The monoisotopic (exact) mass is 297 g/mol. The van der Waals surface area contributed by atoms with E-state index in [1.165, 1.54) is 23.4 Å². The molecular formula is C14H23N3O2S. The van der Waals surface area contributed by atoms with Gasteiger partial charge in [-0.25, -0.2) is 9.78 Å². The minimum atomic E-state index is -0.453. The number of aromatic nitrogens is 1. The molecule has 0 radical (unpaired) electrons. The summed E-state index contributed by atoms with van der Waals surface area (Å²) in [4.78, 5) is 17.5. The van der Waals surface area contributed by atoms with Crippen molar-refractivity contribution in [1.82, 2.24) is 10.3 Å². The SMILES string of the molecule is CC(C)(C)OC(=O)NCCNc1nc2c(s1)CCCC2. The molecule has 1 aliphatic rings. The van der Waals surface area contributed by atoms with E-state index in [0.717, 1.165) is 18.0 Å². The van der Waals surface area contributed by atoms with Gasteiger partial charge in [-0.3, -0.25) is 0 Å². The first kappa shape index (κ1) is 15.1. The third-order valence-electron chi connectivity index (χ3n) is 2.92. The second-order valence-electron chi connectivity index (χ2n) is 5.95. The van der Waals surface area contributed by atoms with Crippen molar-refractivity contribution >= 4 is 22.6 Å². The molecule has 0 saturated heterocycles. The molecule has 1 amide bonds. The Hall–Kier alpha value is -1.30. The van der Waals surface area contributed by atoms with Gasteiger partial charge in [-0.15, -0.1) is 11.3 Å². The first-order chi connectivity index (χ1) is 9.44. The Bertz CT molecular complexity index is 442. The number of carbonyl (C=O) groups is 1. The van der Waals surface area contributed by atoms with E-state index in [0.29, 0.717) is 13.1 Å². The van der Waals surface area contributed by atoms with Crippen LogP contribution in [0.25, 0.3) is 0 Å². The van der Waals surface area contributed by atoms with Crippen LogP contribution >= 0.6 is 11.3 Å². The molecular weight excluding hydrogens is 274 g/mol. The number of fused-ring (bicyclic) bond motifs is 1. The van der Waals surface area contributed by atoms with Gasteiger partial charge in [0.05, 0.1) is 5.69 Å². The molecule has 0 fully saturated rings. The average Bonchev–Trinajstić information content (AvgIpc) is 2.75. The number of anilines is 1. The highest BCUT2D eigenvalue weighted by Gasteiger charge is 2.16. The minimum absolute atomic E-state index is 0.377. The molecule has 0 aliphatic heterocycles. The zero-order valence-corrected chi connectivity index (χ0v) is 13.2. The van der Waals surface area contributed by atoms with Gasteiger partial charge in [-0.05, 0) is 46.5 Å². The number of carbonyl (C=O) groups excluding carboxylic acids is 1. The molecule has 6 heteroatoms. The number of hydrogen-bond donors (Lipinski definition) is 2. The van der Waals surface area contributed by atoms with E-state index in [1.807, 2.05) is 20.8 Å². The Kier molecular flexibility index (Phi) is 4.86. The van der Waals surface area contributed by atoms with Crippen LogP contribution in [0.2, 0.25) is 0 Å². The molecule has 0 unspecified atom stereocenters. The highest BCUT2D eigenvalue weighted by atomic mass is 32.1. The third kappa shape index (κ3) is 4.67. The van der Waals surface area contributed by atoms with Crippen molar-refractivity contribution in [2.24, 2.45) is 0 Å². The molecule has 1 heterocycles. The second-order valence-corrected chi connectivity index (χ2v) is 7.04. The maximum absolute atomic E-state index is 11.5. The van der Waals surface area contributed by atoms with E-state index in [1.54, 1.807) is 11.3 Å². The summed E-state index contributed by atoms with van der Waals surface area (Å²) in [6.45, 7) is 6.74. The normalized spacial score (nSPS) is 14.6. The topological polar surface area (TPSA) is 63.2 Å². The van der Waals surface area contributed by atoms with Crippen LogP contribution in [-0.4, -0.2) is 29.8 Å². The molecule has 1 aliphatic carbocycles. The van der Waals surface area contributed by atoms with Crippen LogP contribution in [0.5, 0.6) is 0 Å². The largest absolute Gasteiger partial charge is 0.444 e. The number of nitrogens with one attached hydrogen (secondary N) is 2. The van der Waals surface area contributed by atoms with Gasteiger partial charge < -0.3 is 15.4 Å².